The lowest BCUT2D eigenvalue weighted by Crippen LogP contribution is -2.17. The number of aryl methyl sites for hydroxylation is 1. The van der Waals surface area contributed by atoms with Crippen molar-refractivity contribution in [1.29, 1.82) is 0 Å². The maximum atomic E-state index is 11.4. The van der Waals surface area contributed by atoms with Gasteiger partial charge in [-0.2, -0.15) is 0 Å². The zero-order chi connectivity index (χ0) is 13.9. The fourth-order valence-corrected chi connectivity index (χ4v) is 3.68. The number of rotatable bonds is 2. The van der Waals surface area contributed by atoms with Gasteiger partial charge in [-0.25, -0.2) is 8.42 Å². The van der Waals surface area contributed by atoms with Gasteiger partial charge in [-0.05, 0) is 37.1 Å². The van der Waals surface area contributed by atoms with Crippen molar-refractivity contribution < 1.29 is 13.2 Å². The monoisotopic (exact) mass is 298 g/mol. The fourth-order valence-electron chi connectivity index (χ4n) is 2.02. The molecule has 0 bridgehead atoms. The third kappa shape index (κ3) is 3.89. The first-order valence-corrected chi connectivity index (χ1v) is 8.38. The van der Waals surface area contributed by atoms with Crippen molar-refractivity contribution in [3.05, 3.63) is 29.3 Å². The average Bonchev–Trinajstić information content (AvgIpc) is 2.68. The molecule has 0 saturated carbocycles. The molecule has 1 fully saturated rings. The molecule has 2 rings (SSSR count). The Labute approximate surface area is 118 Å². The topological polar surface area (TPSA) is 43.4 Å². The predicted molar refractivity (Wildman–Crippen MR) is 76.5 cm³/mol. The predicted octanol–water partition coefficient (Wildman–Crippen LogP) is 2.15. The van der Waals surface area contributed by atoms with Gasteiger partial charge in [0, 0.05) is 5.56 Å². The third-order valence-electron chi connectivity index (χ3n) is 2.98. The molecule has 1 aliphatic heterocycles. The second-order valence-corrected chi connectivity index (χ2v) is 7.05. The fraction of sp³-hybridized carbons (Fsp3) is 0.429. The van der Waals surface area contributed by atoms with Crippen molar-refractivity contribution in [2.45, 2.75) is 19.4 Å². The molecule has 0 amide bonds. The number of benzene rings is 1. The molecule has 3 nitrogen and oxygen atoms in total. The van der Waals surface area contributed by atoms with E-state index in [9.17, 15) is 8.42 Å². The maximum absolute atomic E-state index is 11.4. The molecule has 0 spiro atoms. The molecule has 102 valence electrons. The summed E-state index contributed by atoms with van der Waals surface area (Å²) in [7, 11) is -2.91. The highest BCUT2D eigenvalue weighted by molar-refractivity contribution is 7.91. The second-order valence-electron chi connectivity index (χ2n) is 4.56. The first kappa shape index (κ1) is 14.2. The molecular formula is C14H15ClO3S. The molecule has 5 heteroatoms. The Kier molecular flexibility index (Phi) is 4.38. The Balaban J connectivity index is 2.09. The van der Waals surface area contributed by atoms with E-state index in [1.165, 1.54) is 0 Å². The van der Waals surface area contributed by atoms with Crippen molar-refractivity contribution in [3.63, 3.8) is 0 Å². The molecule has 0 N–H and O–H groups in total. The van der Waals surface area contributed by atoms with Crippen LogP contribution in [0.4, 0.5) is 0 Å². The third-order valence-corrected chi connectivity index (χ3v) is 4.85. The van der Waals surface area contributed by atoms with Crippen molar-refractivity contribution in [1.82, 2.24) is 0 Å². The highest BCUT2D eigenvalue weighted by atomic mass is 35.5. The molecule has 1 aliphatic rings. The van der Waals surface area contributed by atoms with E-state index in [2.05, 4.69) is 11.8 Å². The number of hydrogen-bond donors (Lipinski definition) is 0. The van der Waals surface area contributed by atoms with Crippen LogP contribution in [-0.4, -0.2) is 31.9 Å². The van der Waals surface area contributed by atoms with E-state index in [-0.39, 0.29) is 17.6 Å². The van der Waals surface area contributed by atoms with E-state index < -0.39 is 9.84 Å². The van der Waals surface area contributed by atoms with Gasteiger partial charge < -0.3 is 4.74 Å². The highest BCUT2D eigenvalue weighted by Gasteiger charge is 2.29. The Bertz CT molecular complexity index is 626. The van der Waals surface area contributed by atoms with Crippen LogP contribution in [0.5, 0.6) is 5.75 Å². The summed E-state index contributed by atoms with van der Waals surface area (Å²) in [5.74, 6) is 7.09. The van der Waals surface area contributed by atoms with Crippen LogP contribution in [-0.2, 0) is 9.84 Å². The summed E-state index contributed by atoms with van der Waals surface area (Å²) in [6.07, 6.45) is 0.332. The van der Waals surface area contributed by atoms with E-state index >= 15 is 0 Å². The van der Waals surface area contributed by atoms with Gasteiger partial charge in [0.1, 0.15) is 11.9 Å². The molecule has 0 aromatic heterocycles. The van der Waals surface area contributed by atoms with Gasteiger partial charge in [0.15, 0.2) is 9.84 Å². The van der Waals surface area contributed by atoms with Crippen LogP contribution in [0.2, 0.25) is 0 Å². The summed E-state index contributed by atoms with van der Waals surface area (Å²) in [5.41, 5.74) is 1.91. The zero-order valence-electron chi connectivity index (χ0n) is 10.6. The minimum atomic E-state index is -2.91. The molecule has 1 atom stereocenters. The Morgan fingerprint density at radius 2 is 2.26 bits per heavy atom. The van der Waals surface area contributed by atoms with E-state index in [4.69, 9.17) is 16.3 Å². The van der Waals surface area contributed by atoms with Gasteiger partial charge in [0.2, 0.25) is 0 Å². The largest absolute Gasteiger partial charge is 0.489 e. The normalized spacial score (nSPS) is 20.6. The van der Waals surface area contributed by atoms with E-state index in [1.807, 2.05) is 25.1 Å². The number of sulfone groups is 1. The molecule has 1 heterocycles. The van der Waals surface area contributed by atoms with Crippen LogP contribution in [0, 0.1) is 18.8 Å². The molecule has 1 unspecified atom stereocenters. The van der Waals surface area contributed by atoms with Gasteiger partial charge in [0.25, 0.3) is 0 Å². The minimum absolute atomic E-state index is 0.111. The van der Waals surface area contributed by atoms with E-state index in [1.54, 1.807) is 0 Å². The lowest BCUT2D eigenvalue weighted by atomic mass is 10.1. The van der Waals surface area contributed by atoms with Gasteiger partial charge in [-0.3, -0.25) is 0 Å². The Morgan fingerprint density at radius 3 is 2.84 bits per heavy atom. The number of hydrogen-bond acceptors (Lipinski definition) is 3. The highest BCUT2D eigenvalue weighted by Crippen LogP contribution is 2.22. The molecule has 0 aliphatic carbocycles. The molecule has 1 aromatic carbocycles. The molecule has 1 saturated heterocycles. The van der Waals surface area contributed by atoms with Crippen molar-refractivity contribution in [2.75, 3.05) is 17.4 Å². The SMILES string of the molecule is Cc1cc(OC2CCS(=O)(=O)C2)ccc1C#CCCl. The van der Waals surface area contributed by atoms with E-state index in [0.29, 0.717) is 18.1 Å². The summed E-state index contributed by atoms with van der Waals surface area (Å²) in [6, 6.07) is 5.56. The van der Waals surface area contributed by atoms with Crippen LogP contribution < -0.4 is 4.74 Å². The second kappa shape index (κ2) is 5.85. The summed E-state index contributed by atoms with van der Waals surface area (Å²) in [4.78, 5) is 0. The molecule has 19 heavy (non-hydrogen) atoms. The van der Waals surface area contributed by atoms with Gasteiger partial charge in [-0.15, -0.1) is 11.6 Å². The Hall–Kier alpha value is -1.18. The summed E-state index contributed by atoms with van der Waals surface area (Å²) < 4.78 is 28.4. The van der Waals surface area contributed by atoms with Gasteiger partial charge in [0.05, 0.1) is 17.4 Å². The average molecular weight is 299 g/mol. The zero-order valence-corrected chi connectivity index (χ0v) is 12.2. The number of ether oxygens (including phenoxy) is 1. The maximum Gasteiger partial charge on any atom is 0.154 e. The molecule has 1 aromatic rings. The number of alkyl halides is 1. The summed E-state index contributed by atoms with van der Waals surface area (Å²) >= 11 is 5.52. The Morgan fingerprint density at radius 1 is 1.47 bits per heavy atom. The first-order chi connectivity index (χ1) is 9.00. The molecular weight excluding hydrogens is 284 g/mol. The van der Waals surface area contributed by atoms with E-state index in [0.717, 1.165) is 11.1 Å². The summed E-state index contributed by atoms with van der Waals surface area (Å²) in [5, 5.41) is 0. The van der Waals surface area contributed by atoms with Gasteiger partial charge in [-0.1, -0.05) is 11.8 Å². The lowest BCUT2D eigenvalue weighted by molar-refractivity contribution is 0.229. The van der Waals surface area contributed by atoms with Crippen LogP contribution >= 0.6 is 11.6 Å². The van der Waals surface area contributed by atoms with Crippen molar-refractivity contribution in [2.24, 2.45) is 0 Å². The minimum Gasteiger partial charge on any atom is -0.489 e. The van der Waals surface area contributed by atoms with Crippen LogP contribution in [0.25, 0.3) is 0 Å². The summed E-state index contributed by atoms with van der Waals surface area (Å²) in [6.45, 7) is 1.94. The quantitative estimate of drug-likeness (QED) is 0.621. The van der Waals surface area contributed by atoms with Crippen LogP contribution in [0.3, 0.4) is 0 Å². The van der Waals surface area contributed by atoms with Crippen LogP contribution in [0.1, 0.15) is 17.5 Å². The standard InChI is InChI=1S/C14H15ClO3S/c1-11-9-13(5-4-12(11)3-2-7-15)18-14-6-8-19(16,17)10-14/h4-5,9,14H,6-8,10H2,1H3. The van der Waals surface area contributed by atoms with Crippen LogP contribution in [0.15, 0.2) is 18.2 Å². The smallest absolute Gasteiger partial charge is 0.154 e. The lowest BCUT2D eigenvalue weighted by Gasteiger charge is -2.12. The molecule has 0 radical (unpaired) electrons. The van der Waals surface area contributed by atoms with Crippen molar-refractivity contribution >= 4 is 21.4 Å². The van der Waals surface area contributed by atoms with Gasteiger partial charge >= 0.3 is 0 Å². The van der Waals surface area contributed by atoms with Crippen molar-refractivity contribution in [3.8, 4) is 17.6 Å². The number of halogens is 1. The first-order valence-electron chi connectivity index (χ1n) is 6.03.